The van der Waals surface area contributed by atoms with E-state index in [0.29, 0.717) is 35.6 Å². The summed E-state index contributed by atoms with van der Waals surface area (Å²) in [7, 11) is -1.63. The van der Waals surface area contributed by atoms with E-state index in [1.165, 1.54) is 5.56 Å². The standard InChI is InChI=1S/C19H21BN2O4/c1-2-6-18-21-19(26-22-18)16-13-15(9-10-17(16)20(23)24)25-12-11-14-7-4-3-5-8-14/h3-5,7-10,13,23-24H,2,6,11-12H2,1H3. The zero-order chi connectivity index (χ0) is 18.4. The Morgan fingerprint density at radius 1 is 1.08 bits per heavy atom. The molecule has 0 fully saturated rings. The van der Waals surface area contributed by atoms with Crippen molar-refractivity contribution in [3.05, 3.63) is 59.9 Å². The number of aryl methyl sites for hydroxylation is 1. The van der Waals surface area contributed by atoms with Gasteiger partial charge in [0.2, 0.25) is 0 Å². The minimum Gasteiger partial charge on any atom is -0.493 e. The smallest absolute Gasteiger partial charge is 0.489 e. The van der Waals surface area contributed by atoms with Crippen molar-refractivity contribution < 1.29 is 19.3 Å². The summed E-state index contributed by atoms with van der Waals surface area (Å²) in [6, 6.07) is 15.1. The Labute approximate surface area is 152 Å². The summed E-state index contributed by atoms with van der Waals surface area (Å²) in [5, 5.41) is 23.2. The van der Waals surface area contributed by atoms with Crippen molar-refractivity contribution in [3.63, 3.8) is 0 Å². The molecule has 3 aromatic rings. The molecular formula is C19H21BN2O4. The van der Waals surface area contributed by atoms with Crippen molar-refractivity contribution in [1.29, 1.82) is 0 Å². The third kappa shape index (κ3) is 4.50. The molecule has 2 N–H and O–H groups in total. The van der Waals surface area contributed by atoms with Gasteiger partial charge in [0.25, 0.3) is 5.89 Å². The zero-order valence-corrected chi connectivity index (χ0v) is 14.6. The maximum absolute atomic E-state index is 9.62. The van der Waals surface area contributed by atoms with Crippen molar-refractivity contribution in [2.24, 2.45) is 0 Å². The third-order valence-corrected chi connectivity index (χ3v) is 3.98. The SMILES string of the molecule is CCCc1noc(-c2cc(OCCc3ccccc3)ccc2B(O)O)n1. The highest BCUT2D eigenvalue weighted by Gasteiger charge is 2.21. The lowest BCUT2D eigenvalue weighted by Crippen LogP contribution is -2.31. The molecule has 26 heavy (non-hydrogen) atoms. The summed E-state index contributed by atoms with van der Waals surface area (Å²) < 4.78 is 11.1. The molecule has 2 aromatic carbocycles. The van der Waals surface area contributed by atoms with Crippen LogP contribution in [0.25, 0.3) is 11.5 Å². The molecule has 0 bridgehead atoms. The lowest BCUT2D eigenvalue weighted by Gasteiger charge is -2.10. The fraction of sp³-hybridized carbons (Fsp3) is 0.263. The lowest BCUT2D eigenvalue weighted by molar-refractivity contribution is 0.322. The number of hydrogen-bond acceptors (Lipinski definition) is 6. The number of ether oxygens (including phenoxy) is 1. The minimum absolute atomic E-state index is 0.255. The first-order valence-electron chi connectivity index (χ1n) is 8.67. The first-order valence-corrected chi connectivity index (χ1v) is 8.67. The molecule has 6 nitrogen and oxygen atoms in total. The Kier molecular flexibility index (Phi) is 6.04. The Balaban J connectivity index is 1.77. The molecule has 1 heterocycles. The molecule has 0 saturated carbocycles. The molecule has 3 rings (SSSR count). The van der Waals surface area contributed by atoms with Crippen molar-refractivity contribution in [1.82, 2.24) is 10.1 Å². The molecule has 0 aliphatic heterocycles. The number of benzene rings is 2. The first-order chi connectivity index (χ1) is 12.7. The predicted molar refractivity (Wildman–Crippen MR) is 99.2 cm³/mol. The van der Waals surface area contributed by atoms with E-state index in [-0.39, 0.29) is 5.89 Å². The molecule has 134 valence electrons. The zero-order valence-electron chi connectivity index (χ0n) is 14.6. The lowest BCUT2D eigenvalue weighted by atomic mass is 9.77. The highest BCUT2D eigenvalue weighted by atomic mass is 16.5. The Bertz CT molecular complexity index is 837. The van der Waals surface area contributed by atoms with Crippen LogP contribution in [0.4, 0.5) is 0 Å². The van der Waals surface area contributed by atoms with Crippen LogP contribution in [0.5, 0.6) is 5.75 Å². The van der Waals surface area contributed by atoms with Crippen LogP contribution in [0, 0.1) is 0 Å². The van der Waals surface area contributed by atoms with Crippen molar-refractivity contribution in [3.8, 4) is 17.2 Å². The molecule has 0 aliphatic carbocycles. The fourth-order valence-electron chi connectivity index (χ4n) is 2.66. The average molecular weight is 352 g/mol. The Morgan fingerprint density at radius 2 is 1.88 bits per heavy atom. The first kappa shape index (κ1) is 18.2. The van der Waals surface area contributed by atoms with Gasteiger partial charge in [-0.3, -0.25) is 0 Å². The molecule has 0 spiro atoms. The fourth-order valence-corrected chi connectivity index (χ4v) is 2.66. The van der Waals surface area contributed by atoms with Gasteiger partial charge in [-0.05, 0) is 29.6 Å². The number of hydrogen-bond donors (Lipinski definition) is 2. The van der Waals surface area contributed by atoms with Crippen molar-refractivity contribution in [2.45, 2.75) is 26.2 Å². The van der Waals surface area contributed by atoms with Crippen LogP contribution in [-0.4, -0.2) is 33.9 Å². The van der Waals surface area contributed by atoms with Gasteiger partial charge >= 0.3 is 7.12 Å². The van der Waals surface area contributed by atoms with E-state index in [1.807, 2.05) is 37.3 Å². The molecule has 7 heteroatoms. The van der Waals surface area contributed by atoms with E-state index in [9.17, 15) is 10.0 Å². The summed E-state index contributed by atoms with van der Waals surface area (Å²) in [5.74, 6) is 1.46. The summed E-state index contributed by atoms with van der Waals surface area (Å²) in [6.07, 6.45) is 2.38. The van der Waals surface area contributed by atoms with Gasteiger partial charge in [0.1, 0.15) is 5.75 Å². The van der Waals surface area contributed by atoms with E-state index in [0.717, 1.165) is 12.8 Å². The third-order valence-electron chi connectivity index (χ3n) is 3.98. The van der Waals surface area contributed by atoms with Gasteiger partial charge in [0, 0.05) is 18.4 Å². The predicted octanol–water partition coefficient (Wildman–Crippen LogP) is 1.99. The van der Waals surface area contributed by atoms with Gasteiger partial charge in [0.05, 0.1) is 6.61 Å². The van der Waals surface area contributed by atoms with E-state index in [4.69, 9.17) is 9.26 Å². The molecule has 0 unspecified atom stereocenters. The number of rotatable bonds is 8. The van der Waals surface area contributed by atoms with Crippen molar-refractivity contribution >= 4 is 12.6 Å². The minimum atomic E-state index is -1.63. The van der Waals surface area contributed by atoms with Crippen LogP contribution in [0.1, 0.15) is 24.7 Å². The summed E-state index contributed by atoms with van der Waals surface area (Å²) in [4.78, 5) is 4.33. The highest BCUT2D eigenvalue weighted by Crippen LogP contribution is 2.22. The summed E-state index contributed by atoms with van der Waals surface area (Å²) in [6.45, 7) is 2.54. The largest absolute Gasteiger partial charge is 0.493 e. The number of aromatic nitrogens is 2. The monoisotopic (exact) mass is 352 g/mol. The second kappa shape index (κ2) is 8.64. The molecule has 0 saturated heterocycles. The molecule has 0 aliphatic rings. The van der Waals surface area contributed by atoms with Crippen LogP contribution in [-0.2, 0) is 12.8 Å². The second-order valence-corrected chi connectivity index (χ2v) is 5.97. The summed E-state index contributed by atoms with van der Waals surface area (Å²) >= 11 is 0. The Hall–Kier alpha value is -2.64. The van der Waals surface area contributed by atoms with Crippen LogP contribution >= 0.6 is 0 Å². The van der Waals surface area contributed by atoms with Gasteiger partial charge in [-0.25, -0.2) is 0 Å². The van der Waals surface area contributed by atoms with Gasteiger partial charge in [-0.15, -0.1) is 0 Å². The van der Waals surface area contributed by atoms with Gasteiger partial charge in [0.15, 0.2) is 5.82 Å². The quantitative estimate of drug-likeness (QED) is 0.603. The maximum Gasteiger partial charge on any atom is 0.489 e. The molecule has 0 atom stereocenters. The molecule has 0 amide bonds. The maximum atomic E-state index is 9.62. The van der Waals surface area contributed by atoms with Gasteiger partial charge < -0.3 is 19.3 Å². The van der Waals surface area contributed by atoms with Crippen molar-refractivity contribution in [2.75, 3.05) is 6.61 Å². The summed E-state index contributed by atoms with van der Waals surface area (Å²) in [5.41, 5.74) is 1.95. The Morgan fingerprint density at radius 3 is 2.62 bits per heavy atom. The average Bonchev–Trinajstić information content (AvgIpc) is 3.11. The topological polar surface area (TPSA) is 88.6 Å². The van der Waals surface area contributed by atoms with E-state index in [2.05, 4.69) is 10.1 Å². The van der Waals surface area contributed by atoms with E-state index < -0.39 is 7.12 Å². The van der Waals surface area contributed by atoms with Crippen LogP contribution in [0.2, 0.25) is 0 Å². The van der Waals surface area contributed by atoms with Crippen LogP contribution < -0.4 is 10.2 Å². The second-order valence-electron chi connectivity index (χ2n) is 5.97. The molecular weight excluding hydrogens is 331 g/mol. The molecule has 0 radical (unpaired) electrons. The van der Waals surface area contributed by atoms with Gasteiger partial charge in [-0.1, -0.05) is 48.5 Å². The normalized spacial score (nSPS) is 10.7. The van der Waals surface area contributed by atoms with Crippen LogP contribution in [0.3, 0.4) is 0 Å². The van der Waals surface area contributed by atoms with E-state index in [1.54, 1.807) is 18.2 Å². The van der Waals surface area contributed by atoms with E-state index >= 15 is 0 Å². The number of nitrogens with zero attached hydrogens (tertiary/aromatic N) is 2. The molecule has 1 aromatic heterocycles. The van der Waals surface area contributed by atoms with Crippen LogP contribution in [0.15, 0.2) is 53.1 Å². The highest BCUT2D eigenvalue weighted by molar-refractivity contribution is 6.60. The van der Waals surface area contributed by atoms with Gasteiger partial charge in [-0.2, -0.15) is 4.98 Å².